The molecule has 332 valence electrons. The summed E-state index contributed by atoms with van der Waals surface area (Å²) in [6, 6.07) is 4.19. The molecule has 1 heterocycles. The van der Waals surface area contributed by atoms with Crippen LogP contribution in [0.3, 0.4) is 0 Å². The van der Waals surface area contributed by atoms with Crippen LogP contribution in [0.25, 0.3) is 5.73 Å². The Balaban J connectivity index is 0.0000180. The Morgan fingerprint density at radius 1 is 0.917 bits per heavy atom. The minimum Gasteiger partial charge on any atom is -0.666 e. The molecule has 2 rings (SSSR count). The van der Waals surface area contributed by atoms with Gasteiger partial charge in [0.05, 0.1) is 31.6 Å². The number of Topliss-reactive ketones (excluding diaryl/α,β-unsaturated/α-hetero) is 2. The topological polar surface area (TPSA) is 290 Å². The summed E-state index contributed by atoms with van der Waals surface area (Å²) in [5.41, 5.74) is 14.5. The molecule has 1 aromatic rings. The van der Waals surface area contributed by atoms with E-state index in [1.54, 1.807) is 12.1 Å². The van der Waals surface area contributed by atoms with Crippen LogP contribution >= 0.6 is 21.6 Å². The maximum atomic E-state index is 13.5. The Hall–Kier alpha value is -2.12. The summed E-state index contributed by atoms with van der Waals surface area (Å²) in [5, 5.41) is 17.6. The number of ketones is 2. The van der Waals surface area contributed by atoms with E-state index in [2.05, 4.69) is 16.0 Å². The second-order valence-electron chi connectivity index (χ2n) is 14.1. The number of primary amides is 1. The maximum Gasteiger partial charge on any atom is 1.00 e. The van der Waals surface area contributed by atoms with Crippen molar-refractivity contribution in [2.75, 3.05) is 56.8 Å². The Morgan fingerprint density at radius 2 is 1.58 bits per heavy atom. The largest absolute Gasteiger partial charge is 1.00 e. The zero-order chi connectivity index (χ0) is 43.6. The number of hydrogen-bond acceptors (Lipinski definition) is 14. The molecule has 0 bridgehead atoms. The Kier molecular flexibility index (Phi) is 29.5. The van der Waals surface area contributed by atoms with Gasteiger partial charge in [-0.2, -0.15) is 0 Å². The molecule has 0 aliphatic carbocycles. The van der Waals surface area contributed by atoms with Crippen LogP contribution < -0.4 is 77.8 Å². The van der Waals surface area contributed by atoms with Crippen LogP contribution in [0, 0.1) is 11.8 Å². The van der Waals surface area contributed by atoms with E-state index < -0.39 is 51.7 Å². The third-order valence-electron chi connectivity index (χ3n) is 9.04. The summed E-state index contributed by atoms with van der Waals surface area (Å²) in [6.45, 7) is 2.59. The second-order valence-corrected chi connectivity index (χ2v) is 18.5. The Morgan fingerprint density at radius 3 is 2.28 bits per heavy atom. The number of amides is 5. The van der Waals surface area contributed by atoms with Gasteiger partial charge in [-0.25, -0.2) is 8.42 Å². The Bertz CT molecular complexity index is 1640. The van der Waals surface area contributed by atoms with Gasteiger partial charge in [0.1, 0.15) is 18.1 Å². The summed E-state index contributed by atoms with van der Waals surface area (Å²) in [7, 11) is -1.23. The molecule has 0 spiro atoms. The molecule has 0 aromatic heterocycles. The zero-order valence-corrected chi connectivity index (χ0v) is 40.1. The minimum atomic E-state index is -3.79. The van der Waals surface area contributed by atoms with Crippen LogP contribution in [-0.4, -0.2) is 123 Å². The molecule has 0 unspecified atom stereocenters. The first-order chi connectivity index (χ1) is 28.1. The minimum absolute atomic E-state index is 0. The quantitative estimate of drug-likeness (QED) is 0.0341. The summed E-state index contributed by atoms with van der Waals surface area (Å²) in [4.78, 5) is 87.8. The van der Waals surface area contributed by atoms with Crippen molar-refractivity contribution >= 4 is 72.7 Å². The fourth-order valence-corrected chi connectivity index (χ4v) is 9.18. The number of carbonyl (C=O) groups excluding carboxylic acids is 7. The number of unbranched alkanes of at least 4 members (excludes halogenated alkanes) is 2. The molecule has 1 saturated heterocycles. The van der Waals surface area contributed by atoms with Crippen LogP contribution in [0.1, 0.15) is 76.7 Å². The molecule has 0 saturated carbocycles. The van der Waals surface area contributed by atoms with Crippen molar-refractivity contribution < 1.29 is 108 Å². The molecule has 1 aliphatic heterocycles. The predicted octanol–water partition coefficient (Wildman–Crippen LogP) is -1.27. The number of rotatable bonds is 27. The van der Waals surface area contributed by atoms with Crippen LogP contribution in [0.4, 0.5) is 0 Å². The fourth-order valence-electron chi connectivity index (χ4n) is 5.68. The van der Waals surface area contributed by atoms with Crippen molar-refractivity contribution in [3.63, 3.8) is 0 Å². The molecular formula is C38H59KN6O12S3. The number of ether oxygens (including phenoxy) is 2. The van der Waals surface area contributed by atoms with Gasteiger partial charge in [-0.3, -0.25) is 38.3 Å². The molecule has 1 fully saturated rings. The first kappa shape index (κ1) is 55.9. The van der Waals surface area contributed by atoms with E-state index in [0.29, 0.717) is 24.8 Å². The van der Waals surface area contributed by atoms with E-state index in [9.17, 15) is 47.1 Å². The SMILES string of the molecule is CCCCC(=O)NS(=O)(=O)CCCC(=O)NCCOCCOCC(=O)NCCCC[C@@H]1NC(=O)[C@@H]([NH-])CSSC[C@@H](C(=O)C[C@@H](Cc2ccc(O)cc2)C(N)=O)CC1=O.[K+]. The number of benzene rings is 1. The molecule has 8 N–H and O–H groups in total. The second kappa shape index (κ2) is 31.7. The molecule has 60 heavy (non-hydrogen) atoms. The van der Waals surface area contributed by atoms with Crippen molar-refractivity contribution in [1.29, 1.82) is 0 Å². The van der Waals surface area contributed by atoms with Crippen LogP contribution in [0.2, 0.25) is 0 Å². The van der Waals surface area contributed by atoms with Gasteiger partial charge in [0.25, 0.3) is 0 Å². The molecule has 18 nitrogen and oxygen atoms in total. The number of nitrogens with one attached hydrogen (secondary N) is 5. The van der Waals surface area contributed by atoms with E-state index in [1.807, 2.05) is 11.6 Å². The van der Waals surface area contributed by atoms with Gasteiger partial charge in [-0.1, -0.05) is 47.1 Å². The number of phenolic OH excluding ortho intramolecular Hbond substituents is 1. The van der Waals surface area contributed by atoms with Crippen LogP contribution in [0.5, 0.6) is 5.75 Å². The van der Waals surface area contributed by atoms with E-state index in [0.717, 1.165) is 6.42 Å². The van der Waals surface area contributed by atoms with E-state index in [-0.39, 0.29) is 182 Å². The fraction of sp³-hybridized carbons (Fsp3) is 0.658. The zero-order valence-electron chi connectivity index (χ0n) is 34.5. The van der Waals surface area contributed by atoms with E-state index in [1.165, 1.54) is 33.7 Å². The number of sulfonamides is 1. The first-order valence-electron chi connectivity index (χ1n) is 19.7. The first-order valence-corrected chi connectivity index (χ1v) is 23.8. The number of hydrogen-bond donors (Lipinski definition) is 6. The normalized spacial score (nSPS) is 17.9. The van der Waals surface area contributed by atoms with Gasteiger partial charge >= 0.3 is 51.4 Å². The van der Waals surface area contributed by atoms with Crippen molar-refractivity contribution in [3.05, 3.63) is 35.6 Å². The van der Waals surface area contributed by atoms with Gasteiger partial charge in [0, 0.05) is 56.4 Å². The summed E-state index contributed by atoms with van der Waals surface area (Å²) in [5.74, 6) is -4.59. The van der Waals surface area contributed by atoms with Gasteiger partial charge < -0.3 is 42.0 Å². The molecule has 1 aliphatic rings. The smallest absolute Gasteiger partial charge is 0.666 e. The van der Waals surface area contributed by atoms with Gasteiger partial charge in [-0.15, -0.1) is 0 Å². The van der Waals surface area contributed by atoms with E-state index >= 15 is 0 Å². The third-order valence-corrected chi connectivity index (χ3v) is 12.9. The standard InChI is InChI=1S/C38H59N6O12S3.K/c1-2-3-8-35(49)44-59(53,54)19-6-9-34(48)42-15-16-55-17-18-56-23-36(50)41-14-5-4-7-31-33(47)22-28(24-57-58-25-30(39)38(52)43-31)32(46)21-27(37(40)51)20-26-10-12-29(45)13-11-26;/h10-13,27-28,30-31,39,45H,2-9,14-25H2,1H3,(H2,40,51)(H,41,50)(H,42,48)(H,43,52)(H,44,49);/q-1;+1/t27-,28+,30+,31+;/m1./s1. The number of aromatic hydroxyl groups is 1. The summed E-state index contributed by atoms with van der Waals surface area (Å²) < 4.78 is 36.6. The van der Waals surface area contributed by atoms with Crippen LogP contribution in [-0.2, 0) is 59.5 Å². The predicted molar refractivity (Wildman–Crippen MR) is 224 cm³/mol. The average Bonchev–Trinajstić information content (AvgIpc) is 3.20. The van der Waals surface area contributed by atoms with Crippen molar-refractivity contribution in [2.24, 2.45) is 17.6 Å². The number of phenols is 1. The monoisotopic (exact) mass is 926 g/mol. The molecule has 1 aromatic carbocycles. The molecular weight excluding hydrogens is 868 g/mol. The van der Waals surface area contributed by atoms with Crippen molar-refractivity contribution in [2.45, 2.75) is 89.6 Å². The molecule has 4 atom stereocenters. The maximum absolute atomic E-state index is 13.5. The number of nitrogens with two attached hydrogens (primary N) is 1. The summed E-state index contributed by atoms with van der Waals surface area (Å²) in [6.07, 6.45) is 2.52. The average molecular weight is 927 g/mol. The van der Waals surface area contributed by atoms with Crippen molar-refractivity contribution in [3.8, 4) is 5.75 Å². The molecule has 5 amide bonds. The molecule has 22 heteroatoms. The Labute approximate surface area is 402 Å². The van der Waals surface area contributed by atoms with Crippen molar-refractivity contribution in [1.82, 2.24) is 20.7 Å². The van der Waals surface area contributed by atoms with E-state index in [4.69, 9.17) is 20.9 Å². The molecule has 0 radical (unpaired) electrons. The third kappa shape index (κ3) is 25.1. The van der Waals surface area contributed by atoms with Gasteiger partial charge in [0.15, 0.2) is 5.78 Å². The number of carbonyl (C=O) groups is 7. The van der Waals surface area contributed by atoms with Crippen LogP contribution in [0.15, 0.2) is 24.3 Å². The van der Waals surface area contributed by atoms with Gasteiger partial charge in [-0.05, 0) is 68.0 Å². The van der Waals surface area contributed by atoms with Gasteiger partial charge in [0.2, 0.25) is 39.6 Å². The summed E-state index contributed by atoms with van der Waals surface area (Å²) >= 11 is 0.